The van der Waals surface area contributed by atoms with Crippen molar-refractivity contribution >= 4 is 23.6 Å². The topological polar surface area (TPSA) is 31.6 Å². The van der Waals surface area contributed by atoms with Gasteiger partial charge in [0.05, 0.1) is 0 Å². The van der Waals surface area contributed by atoms with Gasteiger partial charge in [-0.3, -0.25) is 0 Å². The zero-order chi connectivity index (χ0) is 18.6. The standard InChI is InChI=1S/C20H25N5S2/c1-22-19(13-17-5-3-2-4-6-17)21-25(20(22)26)16-24-10-8-23(9-11-24)14-18-7-12-27-15-18/h2-7,12,15H,8-11,13-14,16H2,1H3/p+2. The summed E-state index contributed by atoms with van der Waals surface area (Å²) >= 11 is 7.44. The number of nitrogens with one attached hydrogen (secondary N) is 2. The summed E-state index contributed by atoms with van der Waals surface area (Å²) in [4.78, 5) is 3.26. The molecule has 0 bridgehead atoms. The van der Waals surface area contributed by atoms with Gasteiger partial charge in [0, 0.05) is 19.0 Å². The van der Waals surface area contributed by atoms with E-state index in [-0.39, 0.29) is 0 Å². The van der Waals surface area contributed by atoms with Crippen molar-refractivity contribution in [1.29, 1.82) is 0 Å². The Kier molecular flexibility index (Phi) is 5.83. The molecule has 0 spiro atoms. The van der Waals surface area contributed by atoms with E-state index < -0.39 is 0 Å². The smallest absolute Gasteiger partial charge is 0.202 e. The quantitative estimate of drug-likeness (QED) is 0.591. The molecule has 142 valence electrons. The second-order valence-corrected chi connectivity index (χ2v) is 8.53. The molecule has 0 radical (unpaired) electrons. The maximum atomic E-state index is 5.64. The Hall–Kier alpha value is -1.80. The molecule has 1 aliphatic rings. The molecule has 4 rings (SSSR count). The number of aromatic nitrogens is 3. The summed E-state index contributed by atoms with van der Waals surface area (Å²) in [5.74, 6) is 1.03. The van der Waals surface area contributed by atoms with Gasteiger partial charge in [0.15, 0.2) is 6.67 Å². The second kappa shape index (κ2) is 8.48. The Morgan fingerprint density at radius 3 is 2.48 bits per heavy atom. The average molecular weight is 402 g/mol. The van der Waals surface area contributed by atoms with Crippen LogP contribution >= 0.6 is 23.6 Å². The van der Waals surface area contributed by atoms with Crippen molar-refractivity contribution in [2.24, 2.45) is 7.05 Å². The lowest BCUT2D eigenvalue weighted by molar-refractivity contribution is -1.03. The van der Waals surface area contributed by atoms with Gasteiger partial charge in [0.2, 0.25) is 4.77 Å². The molecule has 7 heteroatoms. The highest BCUT2D eigenvalue weighted by molar-refractivity contribution is 7.71. The molecule has 1 aromatic carbocycles. The normalized spacial score (nSPS) is 20.0. The first kappa shape index (κ1) is 18.6. The average Bonchev–Trinajstić information content (AvgIpc) is 3.29. The summed E-state index contributed by atoms with van der Waals surface area (Å²) in [7, 11) is 2.03. The van der Waals surface area contributed by atoms with Gasteiger partial charge in [0.25, 0.3) is 0 Å². The number of piperazine rings is 1. The molecule has 0 saturated carbocycles. The van der Waals surface area contributed by atoms with Crippen LogP contribution in [0.4, 0.5) is 0 Å². The number of benzene rings is 1. The number of rotatable bonds is 6. The summed E-state index contributed by atoms with van der Waals surface area (Å²) in [6.45, 7) is 6.79. The summed E-state index contributed by atoms with van der Waals surface area (Å²) in [5.41, 5.74) is 2.74. The third-order valence-electron chi connectivity index (χ3n) is 5.41. The van der Waals surface area contributed by atoms with Crippen LogP contribution < -0.4 is 9.80 Å². The molecule has 0 atom stereocenters. The number of hydrogen-bond acceptors (Lipinski definition) is 3. The largest absolute Gasteiger partial charge is 0.322 e. The lowest BCUT2D eigenvalue weighted by Gasteiger charge is -2.29. The van der Waals surface area contributed by atoms with Crippen LogP contribution in [0.2, 0.25) is 0 Å². The molecule has 0 amide bonds. The number of quaternary nitrogens is 2. The van der Waals surface area contributed by atoms with Gasteiger partial charge in [-0.05, 0) is 34.6 Å². The molecule has 27 heavy (non-hydrogen) atoms. The number of hydrogen-bond donors (Lipinski definition) is 2. The first-order valence-corrected chi connectivity index (χ1v) is 10.9. The molecule has 1 saturated heterocycles. The molecule has 1 aliphatic heterocycles. The fourth-order valence-corrected chi connectivity index (χ4v) is 4.63. The summed E-state index contributed by atoms with van der Waals surface area (Å²) in [6.07, 6.45) is 0.821. The fraction of sp³-hybridized carbons (Fsp3) is 0.400. The Bertz CT molecular complexity index is 906. The summed E-state index contributed by atoms with van der Waals surface area (Å²) < 4.78 is 4.90. The van der Waals surface area contributed by atoms with Gasteiger partial charge in [-0.2, -0.15) is 21.1 Å². The molecule has 1 fully saturated rings. The maximum absolute atomic E-state index is 5.64. The van der Waals surface area contributed by atoms with E-state index in [1.54, 1.807) is 21.1 Å². The Labute approximate surface area is 169 Å². The van der Waals surface area contributed by atoms with Crippen LogP contribution in [-0.4, -0.2) is 40.5 Å². The van der Waals surface area contributed by atoms with Gasteiger partial charge in [-0.15, -0.1) is 0 Å². The third-order valence-corrected chi connectivity index (χ3v) is 6.62. The molecule has 3 heterocycles. The van der Waals surface area contributed by atoms with Crippen molar-refractivity contribution in [3.63, 3.8) is 0 Å². The van der Waals surface area contributed by atoms with Crippen LogP contribution in [0, 0.1) is 4.77 Å². The van der Waals surface area contributed by atoms with E-state index >= 15 is 0 Å². The minimum atomic E-state index is 0.821. The van der Waals surface area contributed by atoms with Crippen molar-refractivity contribution in [1.82, 2.24) is 14.3 Å². The molecular weight excluding hydrogens is 374 g/mol. The second-order valence-electron chi connectivity index (χ2n) is 7.39. The highest BCUT2D eigenvalue weighted by atomic mass is 32.1. The van der Waals surface area contributed by atoms with E-state index in [4.69, 9.17) is 17.3 Å². The highest BCUT2D eigenvalue weighted by Gasteiger charge is 2.24. The maximum Gasteiger partial charge on any atom is 0.202 e. The van der Waals surface area contributed by atoms with Crippen LogP contribution in [0.15, 0.2) is 47.2 Å². The Morgan fingerprint density at radius 1 is 1.04 bits per heavy atom. The van der Waals surface area contributed by atoms with Gasteiger partial charge in [-0.25, -0.2) is 0 Å². The predicted octanol–water partition coefficient (Wildman–Crippen LogP) is 0.544. The van der Waals surface area contributed by atoms with E-state index in [1.807, 2.05) is 17.8 Å². The van der Waals surface area contributed by atoms with Gasteiger partial charge in [0.1, 0.15) is 38.5 Å². The third kappa shape index (κ3) is 4.55. The monoisotopic (exact) mass is 401 g/mol. The van der Waals surface area contributed by atoms with Crippen molar-refractivity contribution < 1.29 is 9.80 Å². The van der Waals surface area contributed by atoms with E-state index in [2.05, 4.69) is 45.7 Å². The van der Waals surface area contributed by atoms with Gasteiger partial charge in [-0.1, -0.05) is 30.3 Å². The minimum absolute atomic E-state index is 0.821. The summed E-state index contributed by atoms with van der Waals surface area (Å²) in [5, 5.41) is 9.27. The molecular formula is C20H27N5S2+2. The lowest BCUT2D eigenvalue weighted by Crippen LogP contribution is -3.27. The summed E-state index contributed by atoms with van der Waals surface area (Å²) in [6, 6.07) is 12.7. The molecule has 2 N–H and O–H groups in total. The van der Waals surface area contributed by atoms with Crippen molar-refractivity contribution in [2.75, 3.05) is 26.2 Å². The van der Waals surface area contributed by atoms with Crippen LogP contribution in [-0.2, 0) is 26.7 Å². The molecule has 3 aromatic rings. The van der Waals surface area contributed by atoms with Crippen LogP contribution in [0.3, 0.4) is 0 Å². The first-order valence-electron chi connectivity index (χ1n) is 9.54. The van der Waals surface area contributed by atoms with Crippen LogP contribution in [0.25, 0.3) is 0 Å². The van der Waals surface area contributed by atoms with E-state index in [9.17, 15) is 0 Å². The molecule has 0 aliphatic carbocycles. The Morgan fingerprint density at radius 2 is 1.78 bits per heavy atom. The highest BCUT2D eigenvalue weighted by Crippen LogP contribution is 2.07. The zero-order valence-electron chi connectivity index (χ0n) is 15.7. The molecule has 2 aromatic heterocycles. The van der Waals surface area contributed by atoms with E-state index in [1.165, 1.54) is 37.3 Å². The molecule has 5 nitrogen and oxygen atoms in total. The molecule has 0 unspecified atom stereocenters. The predicted molar refractivity (Wildman–Crippen MR) is 111 cm³/mol. The number of thiophene rings is 1. The van der Waals surface area contributed by atoms with Gasteiger partial charge < -0.3 is 14.4 Å². The minimum Gasteiger partial charge on any atom is -0.322 e. The SMILES string of the molecule is Cn1c(Cc2ccccc2)nn(C[NH+]2CC[NH+](Cc3ccsc3)CC2)c1=S. The lowest BCUT2D eigenvalue weighted by atomic mass is 10.1. The van der Waals surface area contributed by atoms with Gasteiger partial charge >= 0.3 is 0 Å². The van der Waals surface area contributed by atoms with Crippen molar-refractivity contribution in [2.45, 2.75) is 19.6 Å². The fourth-order valence-electron chi connectivity index (χ4n) is 3.75. The number of nitrogens with zero attached hydrogens (tertiary/aromatic N) is 3. The first-order chi connectivity index (χ1) is 13.2. The van der Waals surface area contributed by atoms with Crippen molar-refractivity contribution in [3.05, 3.63) is 68.9 Å². The van der Waals surface area contributed by atoms with E-state index in [0.717, 1.165) is 30.2 Å². The Balaban J connectivity index is 1.36. The van der Waals surface area contributed by atoms with Crippen molar-refractivity contribution in [3.8, 4) is 0 Å². The van der Waals surface area contributed by atoms with Crippen LogP contribution in [0.5, 0.6) is 0 Å². The van der Waals surface area contributed by atoms with E-state index in [0.29, 0.717) is 0 Å². The zero-order valence-corrected chi connectivity index (χ0v) is 17.4. The van der Waals surface area contributed by atoms with Crippen LogP contribution in [0.1, 0.15) is 17.0 Å².